The summed E-state index contributed by atoms with van der Waals surface area (Å²) in [6.07, 6.45) is 5.45. The van der Waals surface area contributed by atoms with E-state index in [1.807, 2.05) is 36.4 Å². The molecule has 0 radical (unpaired) electrons. The lowest BCUT2D eigenvalue weighted by atomic mass is 9.65. The molecule has 0 saturated heterocycles. The van der Waals surface area contributed by atoms with Gasteiger partial charge in [-0.15, -0.1) is 0 Å². The normalized spacial score (nSPS) is 14.4. The molecule has 488 valence electrons. The summed E-state index contributed by atoms with van der Waals surface area (Å²) in [6.45, 7) is 4.64. The topological polar surface area (TPSA) is 70.0 Å². The van der Waals surface area contributed by atoms with E-state index in [9.17, 15) is 0 Å². The van der Waals surface area contributed by atoms with Crippen molar-refractivity contribution in [3.8, 4) is 124 Å². The van der Waals surface area contributed by atoms with Gasteiger partial charge in [-0.1, -0.05) is 299 Å². The van der Waals surface area contributed by atoms with Gasteiger partial charge in [-0.25, -0.2) is 19.9 Å². The molecule has 0 atom stereocenters. The van der Waals surface area contributed by atoms with Crippen LogP contribution in [0.15, 0.2) is 334 Å². The van der Waals surface area contributed by atoms with Crippen molar-refractivity contribution in [3.05, 3.63) is 400 Å². The lowest BCUT2D eigenvalue weighted by molar-refractivity contribution is 0.437. The largest absolute Gasteiger partial charge is 0.456 e. The summed E-state index contributed by atoms with van der Waals surface area (Å²) >= 11 is 0. The maximum atomic E-state index is 7.03. The van der Waals surface area contributed by atoms with Gasteiger partial charge in [0.05, 0.1) is 33.6 Å². The first-order valence-electron chi connectivity index (χ1n) is 35.9. The fourth-order valence-corrected chi connectivity index (χ4v) is 18.2. The van der Waals surface area contributed by atoms with E-state index in [4.69, 9.17) is 29.4 Å². The van der Waals surface area contributed by atoms with Crippen LogP contribution in [0.3, 0.4) is 0 Å². The van der Waals surface area contributed by atoms with Crippen molar-refractivity contribution < 1.29 is 9.47 Å². The van der Waals surface area contributed by atoms with Crippen molar-refractivity contribution in [2.75, 3.05) is 0 Å². The summed E-state index contributed by atoms with van der Waals surface area (Å²) < 4.78 is 14.1. The van der Waals surface area contributed by atoms with E-state index in [0.29, 0.717) is 11.6 Å². The first-order valence-corrected chi connectivity index (χ1v) is 35.9. The highest BCUT2D eigenvalue weighted by atomic mass is 16.5. The Balaban J connectivity index is 0.000000134. The molecule has 6 nitrogen and oxygen atoms in total. The number of allylic oxidation sites excluding steroid dienone is 1. The van der Waals surface area contributed by atoms with E-state index >= 15 is 0 Å². The van der Waals surface area contributed by atoms with Crippen molar-refractivity contribution in [2.45, 2.75) is 36.5 Å². The summed E-state index contributed by atoms with van der Waals surface area (Å²) in [5.41, 5.74) is 30.6. The van der Waals surface area contributed by atoms with E-state index in [2.05, 4.69) is 317 Å². The van der Waals surface area contributed by atoms with Crippen LogP contribution in [0, 0.1) is 0 Å². The number of hydrogen-bond donors (Lipinski definition) is 0. The summed E-state index contributed by atoms with van der Waals surface area (Å²) in [5, 5.41) is 2.55. The minimum Gasteiger partial charge on any atom is -0.456 e. The lowest BCUT2D eigenvalue weighted by Crippen LogP contribution is -2.32. The zero-order valence-corrected chi connectivity index (χ0v) is 57.1. The summed E-state index contributed by atoms with van der Waals surface area (Å²) in [4.78, 5) is 21.1. The number of benzene rings is 14. The molecule has 0 saturated carbocycles. The van der Waals surface area contributed by atoms with E-state index in [1.165, 1.54) is 88.7 Å². The second kappa shape index (κ2) is 22.9. The molecule has 0 fully saturated rings. The number of nitrogens with zero attached hydrogens (tertiary/aromatic N) is 4. The number of aromatic nitrogens is 4. The Labute approximate surface area is 603 Å². The molecular formula is C98H64N4O2. The molecule has 16 aromatic rings. The predicted octanol–water partition coefficient (Wildman–Crippen LogP) is 23.9. The van der Waals surface area contributed by atoms with Gasteiger partial charge in [0.25, 0.3) is 0 Å². The average molecular weight is 1330 g/mol. The SMILES string of the molecule is C1=Cc2cc(-c3cc(-c4cccc5c4Oc4ccccc4C54c5ccccc5-c5ccccc54)nc(-c4ccccc4)n3)cc3cccc(c23)C1.CC1(C)c2ccccc2-c2ccc(-c3cc(-c4cccc5c4Oc4ccccc4C54c5ccccc5-c5ccccc54)nc(-c4ccccc4)n3)cc21. The van der Waals surface area contributed by atoms with Crippen molar-refractivity contribution in [2.24, 2.45) is 0 Å². The monoisotopic (exact) mass is 1330 g/mol. The van der Waals surface area contributed by atoms with Crippen LogP contribution in [0.2, 0.25) is 0 Å². The highest BCUT2D eigenvalue weighted by molar-refractivity contribution is 5.99. The first-order chi connectivity index (χ1) is 51.3. The molecule has 0 amide bonds. The predicted molar refractivity (Wildman–Crippen MR) is 419 cm³/mol. The molecule has 2 aliphatic heterocycles. The van der Waals surface area contributed by atoms with Crippen molar-refractivity contribution in [3.63, 3.8) is 0 Å². The zero-order valence-electron chi connectivity index (χ0n) is 57.1. The average Bonchev–Trinajstić information content (AvgIpc) is 1.48. The van der Waals surface area contributed by atoms with Crippen LogP contribution in [0.25, 0.3) is 118 Å². The van der Waals surface area contributed by atoms with Crippen LogP contribution >= 0.6 is 0 Å². The first kappa shape index (κ1) is 59.7. The quantitative estimate of drug-likeness (QED) is 0.165. The minimum atomic E-state index is -0.550. The van der Waals surface area contributed by atoms with E-state index in [1.54, 1.807) is 0 Å². The van der Waals surface area contributed by atoms with Gasteiger partial charge < -0.3 is 9.47 Å². The highest BCUT2D eigenvalue weighted by Crippen LogP contribution is 2.65. The Morgan fingerprint density at radius 3 is 1.18 bits per heavy atom. The molecule has 2 spiro atoms. The molecule has 6 aliphatic rings. The van der Waals surface area contributed by atoms with Gasteiger partial charge >= 0.3 is 0 Å². The third-order valence-corrected chi connectivity index (χ3v) is 22.7. The lowest BCUT2D eigenvalue weighted by Gasteiger charge is -2.40. The van der Waals surface area contributed by atoms with Crippen molar-refractivity contribution in [1.29, 1.82) is 0 Å². The van der Waals surface area contributed by atoms with Crippen LogP contribution < -0.4 is 9.47 Å². The van der Waals surface area contributed by atoms with Crippen molar-refractivity contribution >= 4 is 16.8 Å². The molecule has 0 N–H and O–H groups in total. The van der Waals surface area contributed by atoms with Gasteiger partial charge in [0.15, 0.2) is 11.6 Å². The van der Waals surface area contributed by atoms with Gasteiger partial charge in [-0.2, -0.15) is 0 Å². The summed E-state index contributed by atoms with van der Waals surface area (Å²) in [6, 6.07) is 117. The Morgan fingerprint density at radius 1 is 0.279 bits per heavy atom. The zero-order chi connectivity index (χ0) is 68.8. The number of rotatable bonds is 6. The molecule has 6 heteroatoms. The summed E-state index contributed by atoms with van der Waals surface area (Å²) in [7, 11) is 0. The van der Waals surface area contributed by atoms with E-state index in [0.717, 1.165) is 108 Å². The molecule has 0 bridgehead atoms. The van der Waals surface area contributed by atoms with Crippen LogP contribution in [0.5, 0.6) is 23.0 Å². The van der Waals surface area contributed by atoms with Crippen LogP contribution in [0.1, 0.15) is 80.6 Å². The Bertz CT molecular complexity index is 6240. The van der Waals surface area contributed by atoms with Gasteiger partial charge in [0.2, 0.25) is 0 Å². The minimum absolute atomic E-state index is 0.123. The summed E-state index contributed by atoms with van der Waals surface area (Å²) in [5.74, 6) is 4.73. The van der Waals surface area contributed by atoms with Gasteiger partial charge in [-0.05, 0) is 150 Å². The Morgan fingerprint density at radius 2 is 0.673 bits per heavy atom. The number of ether oxygens (including phenoxy) is 2. The van der Waals surface area contributed by atoms with Gasteiger partial charge in [0, 0.05) is 61.0 Å². The fraction of sp³-hybridized carbons (Fsp3) is 0.0612. The van der Waals surface area contributed by atoms with E-state index in [-0.39, 0.29) is 5.41 Å². The Hall–Kier alpha value is -13.2. The molecule has 4 heterocycles. The van der Waals surface area contributed by atoms with Crippen molar-refractivity contribution in [1.82, 2.24) is 19.9 Å². The fourth-order valence-electron chi connectivity index (χ4n) is 18.2. The maximum absolute atomic E-state index is 7.03. The molecule has 4 aliphatic carbocycles. The molecule has 0 unspecified atom stereocenters. The second-order valence-corrected chi connectivity index (χ2v) is 28.5. The standard InChI is InChI=1S/C50H34N2O.C48H30N2O/c1-49(2)38-21-9-6-17-33(38)36-28-27-32(29-43(36)49)44-30-45(52-48(51-44)31-15-4-3-5-16-31)37-20-14-25-42-47(37)53-46-26-13-12-24-41(46)50(42)39-22-10-7-18-34(39)35-19-8-11-23-40(35)50;1-2-13-31(14-3-1)47-49-42(34-27-32-17-10-15-30-16-11-18-33(28-34)45(30)32)29-43(50-47)37-21-12-25-41-46(37)51-44-26-9-8-24-40(44)48(41)38-22-6-4-19-35(38)36-20-5-7-23-39(36)48/h3-30H,1-2H3;1-15,17-29H,16H2. The van der Waals surface area contributed by atoms with Crippen LogP contribution in [0.4, 0.5) is 0 Å². The number of fused-ring (bicyclic) bond motifs is 21. The highest BCUT2D eigenvalue weighted by Gasteiger charge is 2.53. The molecule has 14 aromatic carbocycles. The van der Waals surface area contributed by atoms with Gasteiger partial charge in [0.1, 0.15) is 23.0 Å². The molecule has 104 heavy (non-hydrogen) atoms. The van der Waals surface area contributed by atoms with E-state index < -0.39 is 10.8 Å². The third-order valence-electron chi connectivity index (χ3n) is 22.7. The Kier molecular flexibility index (Phi) is 13.2. The number of para-hydroxylation sites is 4. The van der Waals surface area contributed by atoms with Gasteiger partial charge in [-0.3, -0.25) is 0 Å². The molecule has 22 rings (SSSR count). The third kappa shape index (κ3) is 8.69. The smallest absolute Gasteiger partial charge is 0.160 e. The molecular weight excluding hydrogens is 1270 g/mol. The molecule has 2 aromatic heterocycles. The van der Waals surface area contributed by atoms with Crippen LogP contribution in [-0.2, 0) is 22.7 Å². The van der Waals surface area contributed by atoms with Crippen LogP contribution in [-0.4, -0.2) is 19.9 Å². The number of hydrogen-bond acceptors (Lipinski definition) is 6. The second-order valence-electron chi connectivity index (χ2n) is 28.5. The maximum Gasteiger partial charge on any atom is 0.160 e.